The minimum Gasteiger partial charge on any atom is -0.330 e. The summed E-state index contributed by atoms with van der Waals surface area (Å²) in [4.78, 5) is 14.0. The highest BCUT2D eigenvalue weighted by Gasteiger charge is 2.23. The van der Waals surface area contributed by atoms with Gasteiger partial charge in [-0.1, -0.05) is 18.2 Å². The second kappa shape index (κ2) is 5.23. The first kappa shape index (κ1) is 13.9. The van der Waals surface area contributed by atoms with Gasteiger partial charge >= 0.3 is 6.03 Å². The Labute approximate surface area is 118 Å². The number of hydrogen-bond donors (Lipinski definition) is 1. The number of amides is 1. The molecular weight excluding hydrogens is 262 g/mol. The summed E-state index contributed by atoms with van der Waals surface area (Å²) in [5.74, 6) is 0. The molecule has 2 heterocycles. The molecule has 0 saturated heterocycles. The van der Waals surface area contributed by atoms with Gasteiger partial charge in [-0.2, -0.15) is 0 Å². The van der Waals surface area contributed by atoms with Crippen molar-refractivity contribution < 1.29 is 4.79 Å². The molecule has 5 heteroatoms. The molecule has 1 N–H and O–H groups in total. The van der Waals surface area contributed by atoms with Gasteiger partial charge in [0.05, 0.1) is 5.52 Å². The van der Waals surface area contributed by atoms with Crippen LogP contribution in [0.4, 0.5) is 4.79 Å². The average Bonchev–Trinajstić information content (AvgIpc) is 2.72. The lowest BCUT2D eigenvalue weighted by Gasteiger charge is -2.18. The summed E-state index contributed by atoms with van der Waals surface area (Å²) in [6, 6.07) is 8.18. The average molecular weight is 280 g/mol. The number of nitrogens with zero attached hydrogens (tertiary/aromatic N) is 2. The monoisotopic (exact) mass is 279 g/mol. The van der Waals surface area contributed by atoms with Crippen LogP contribution >= 0.6 is 12.4 Å². The van der Waals surface area contributed by atoms with E-state index < -0.39 is 0 Å². The minimum absolute atomic E-state index is 0. The Morgan fingerprint density at radius 3 is 2.79 bits per heavy atom. The Kier molecular flexibility index (Phi) is 3.83. The largest absolute Gasteiger partial charge is 0.330 e. The molecule has 19 heavy (non-hydrogen) atoms. The van der Waals surface area contributed by atoms with Gasteiger partial charge in [-0.3, -0.25) is 4.57 Å². The highest BCUT2D eigenvalue weighted by atomic mass is 35.5. The van der Waals surface area contributed by atoms with Crippen molar-refractivity contribution in [2.24, 2.45) is 0 Å². The Morgan fingerprint density at radius 2 is 2.05 bits per heavy atom. The second-order valence-corrected chi connectivity index (χ2v) is 4.88. The first-order valence-electron chi connectivity index (χ1n) is 6.23. The number of fused-ring (bicyclic) bond motifs is 3. The number of nitrogens with one attached hydrogen (secondary N) is 1. The molecule has 2 aromatic rings. The van der Waals surface area contributed by atoms with Crippen molar-refractivity contribution in [3.05, 3.63) is 35.5 Å². The van der Waals surface area contributed by atoms with Gasteiger partial charge in [0, 0.05) is 31.7 Å². The normalized spacial score (nSPS) is 13.8. The maximum absolute atomic E-state index is 12.4. The number of rotatable bonds is 0. The molecule has 0 spiro atoms. The van der Waals surface area contributed by atoms with E-state index in [0.29, 0.717) is 0 Å². The molecule has 1 aromatic heterocycles. The maximum Gasteiger partial charge on any atom is 0.328 e. The van der Waals surface area contributed by atoms with Crippen LogP contribution in [0.5, 0.6) is 0 Å². The summed E-state index contributed by atoms with van der Waals surface area (Å²) in [5, 5.41) is 4.56. The standard InChI is InChI=1S/C14H17N3O.ClH/c1-16(2)14(18)17-12-6-4-3-5-10(12)11-7-8-15-9-13(11)17;/h3-6,15H,7-9H2,1-2H3;1H. The number of carbonyl (C=O) groups is 1. The summed E-state index contributed by atoms with van der Waals surface area (Å²) in [5.41, 5.74) is 3.45. The van der Waals surface area contributed by atoms with Gasteiger partial charge in [0.2, 0.25) is 0 Å². The SMILES string of the molecule is CN(C)C(=O)n1c2c(c3ccccc31)CCNC2.Cl. The topological polar surface area (TPSA) is 37.3 Å². The number of carbonyl (C=O) groups excluding carboxylic acids is 1. The highest BCUT2D eigenvalue weighted by molar-refractivity contribution is 5.95. The van der Waals surface area contributed by atoms with Crippen molar-refractivity contribution in [1.29, 1.82) is 0 Å². The Morgan fingerprint density at radius 1 is 1.32 bits per heavy atom. The molecule has 1 amide bonds. The van der Waals surface area contributed by atoms with E-state index in [0.717, 1.165) is 30.7 Å². The number of halogens is 1. The van der Waals surface area contributed by atoms with Crippen molar-refractivity contribution in [2.75, 3.05) is 20.6 Å². The molecule has 0 fully saturated rings. The van der Waals surface area contributed by atoms with E-state index in [2.05, 4.69) is 11.4 Å². The lowest BCUT2D eigenvalue weighted by atomic mass is 10.1. The Bertz CT molecular complexity index is 618. The van der Waals surface area contributed by atoms with Gasteiger partial charge in [-0.05, 0) is 24.6 Å². The van der Waals surface area contributed by atoms with E-state index in [1.165, 1.54) is 10.9 Å². The molecule has 0 radical (unpaired) electrons. The molecule has 102 valence electrons. The molecule has 3 rings (SSSR count). The van der Waals surface area contributed by atoms with Crippen LogP contribution < -0.4 is 5.32 Å². The summed E-state index contributed by atoms with van der Waals surface area (Å²) in [6.45, 7) is 1.75. The summed E-state index contributed by atoms with van der Waals surface area (Å²) >= 11 is 0. The summed E-state index contributed by atoms with van der Waals surface area (Å²) < 4.78 is 1.84. The quantitative estimate of drug-likeness (QED) is 0.803. The van der Waals surface area contributed by atoms with Crippen molar-refractivity contribution in [3.8, 4) is 0 Å². The first-order chi connectivity index (χ1) is 8.70. The van der Waals surface area contributed by atoms with E-state index in [1.807, 2.05) is 22.8 Å². The molecule has 1 aliphatic rings. The molecule has 0 aliphatic carbocycles. The fourth-order valence-electron chi connectivity index (χ4n) is 2.66. The molecule has 1 aliphatic heterocycles. The van der Waals surface area contributed by atoms with E-state index in [-0.39, 0.29) is 18.4 Å². The minimum atomic E-state index is 0. The van der Waals surface area contributed by atoms with Crippen LogP contribution in [-0.4, -0.2) is 36.1 Å². The Balaban J connectivity index is 0.00000133. The van der Waals surface area contributed by atoms with E-state index in [1.54, 1.807) is 19.0 Å². The zero-order chi connectivity index (χ0) is 12.7. The van der Waals surface area contributed by atoms with Crippen LogP contribution in [0.2, 0.25) is 0 Å². The molecular formula is C14H18ClN3O. The number of benzene rings is 1. The van der Waals surface area contributed by atoms with Crippen LogP contribution in [0.3, 0.4) is 0 Å². The van der Waals surface area contributed by atoms with Gasteiger partial charge < -0.3 is 10.2 Å². The maximum atomic E-state index is 12.4. The van der Waals surface area contributed by atoms with E-state index in [4.69, 9.17) is 0 Å². The second-order valence-electron chi connectivity index (χ2n) is 4.88. The lowest BCUT2D eigenvalue weighted by molar-refractivity contribution is 0.219. The van der Waals surface area contributed by atoms with Gasteiger partial charge in [0.1, 0.15) is 0 Å². The van der Waals surface area contributed by atoms with Crippen molar-refractivity contribution in [3.63, 3.8) is 0 Å². The molecule has 0 atom stereocenters. The van der Waals surface area contributed by atoms with E-state index >= 15 is 0 Å². The van der Waals surface area contributed by atoms with Crippen LogP contribution in [-0.2, 0) is 13.0 Å². The van der Waals surface area contributed by atoms with Crippen LogP contribution in [0, 0.1) is 0 Å². The van der Waals surface area contributed by atoms with Crippen molar-refractivity contribution in [1.82, 2.24) is 14.8 Å². The van der Waals surface area contributed by atoms with Crippen LogP contribution in [0.25, 0.3) is 10.9 Å². The first-order valence-corrected chi connectivity index (χ1v) is 6.23. The number of hydrogen-bond acceptors (Lipinski definition) is 2. The van der Waals surface area contributed by atoms with Gasteiger partial charge in [0.15, 0.2) is 0 Å². The van der Waals surface area contributed by atoms with Gasteiger partial charge in [-0.15, -0.1) is 12.4 Å². The fraction of sp³-hybridized carbons (Fsp3) is 0.357. The predicted molar refractivity (Wildman–Crippen MR) is 79.1 cm³/mol. The van der Waals surface area contributed by atoms with Crippen molar-refractivity contribution in [2.45, 2.75) is 13.0 Å². The van der Waals surface area contributed by atoms with Crippen LogP contribution in [0.1, 0.15) is 11.3 Å². The van der Waals surface area contributed by atoms with E-state index in [9.17, 15) is 4.79 Å². The zero-order valence-electron chi connectivity index (χ0n) is 11.1. The van der Waals surface area contributed by atoms with Crippen molar-refractivity contribution >= 4 is 29.3 Å². The molecule has 0 bridgehead atoms. The molecule has 1 aromatic carbocycles. The summed E-state index contributed by atoms with van der Waals surface area (Å²) in [7, 11) is 3.58. The predicted octanol–water partition coefficient (Wildman–Crippen LogP) is 2.24. The van der Waals surface area contributed by atoms with Gasteiger partial charge in [0.25, 0.3) is 0 Å². The highest BCUT2D eigenvalue weighted by Crippen LogP contribution is 2.28. The molecule has 0 saturated carbocycles. The zero-order valence-corrected chi connectivity index (χ0v) is 12.0. The third-order valence-corrected chi connectivity index (χ3v) is 3.51. The smallest absolute Gasteiger partial charge is 0.328 e. The lowest BCUT2D eigenvalue weighted by Crippen LogP contribution is -2.32. The molecule has 0 unspecified atom stereocenters. The third-order valence-electron chi connectivity index (χ3n) is 3.51. The summed E-state index contributed by atoms with van der Waals surface area (Å²) in [6.07, 6.45) is 0.990. The van der Waals surface area contributed by atoms with Crippen LogP contribution in [0.15, 0.2) is 24.3 Å². The number of para-hydroxylation sites is 1. The van der Waals surface area contributed by atoms with Gasteiger partial charge in [-0.25, -0.2) is 4.79 Å². The molecule has 4 nitrogen and oxygen atoms in total. The fourth-order valence-corrected chi connectivity index (χ4v) is 2.66. The third kappa shape index (κ3) is 2.11. The Hall–Kier alpha value is -1.52. The number of aromatic nitrogens is 1.